The van der Waals surface area contributed by atoms with Gasteiger partial charge in [0.2, 0.25) is 11.8 Å². The van der Waals surface area contributed by atoms with Gasteiger partial charge in [-0.3, -0.25) is 9.59 Å². The Balaban J connectivity index is 3.16. The average Bonchev–Trinajstić information content (AvgIpc) is 2.38. The summed E-state index contributed by atoms with van der Waals surface area (Å²) in [5.74, 6) is -0.357. The predicted molar refractivity (Wildman–Crippen MR) is 80.8 cm³/mol. The third-order valence-corrected chi connectivity index (χ3v) is 4.37. The maximum Gasteiger partial charge on any atom is 0.228 e. The van der Waals surface area contributed by atoms with E-state index in [1.54, 1.807) is 0 Å². The SMILES string of the molecule is CCCCC1=C(C)N(CCCC)C(=O)CC1(C)C(N)=O. The van der Waals surface area contributed by atoms with Crippen LogP contribution in [0.3, 0.4) is 0 Å². The summed E-state index contributed by atoms with van der Waals surface area (Å²) >= 11 is 0. The molecular weight excluding hydrogens is 252 g/mol. The number of carbonyl (C=O) groups excluding carboxylic acids is 2. The predicted octanol–water partition coefficient (Wildman–Crippen LogP) is 2.97. The Morgan fingerprint density at radius 3 is 2.40 bits per heavy atom. The highest BCUT2D eigenvalue weighted by molar-refractivity contribution is 5.93. The van der Waals surface area contributed by atoms with Gasteiger partial charge in [-0.2, -0.15) is 0 Å². The number of hydrogen-bond donors (Lipinski definition) is 1. The van der Waals surface area contributed by atoms with Gasteiger partial charge >= 0.3 is 0 Å². The smallest absolute Gasteiger partial charge is 0.228 e. The fourth-order valence-electron chi connectivity index (χ4n) is 2.91. The third-order valence-electron chi connectivity index (χ3n) is 4.37. The molecule has 114 valence electrons. The molecule has 2 amide bonds. The second-order valence-electron chi connectivity index (χ2n) is 5.94. The zero-order valence-corrected chi connectivity index (χ0v) is 13.3. The first-order valence-electron chi connectivity index (χ1n) is 7.69. The zero-order valence-electron chi connectivity index (χ0n) is 13.3. The first kappa shape index (κ1) is 16.7. The monoisotopic (exact) mass is 280 g/mol. The Bertz CT molecular complexity index is 415. The molecule has 0 aromatic heterocycles. The first-order valence-corrected chi connectivity index (χ1v) is 7.69. The second-order valence-corrected chi connectivity index (χ2v) is 5.94. The molecule has 1 aliphatic rings. The van der Waals surface area contributed by atoms with Crippen molar-refractivity contribution in [3.63, 3.8) is 0 Å². The molecule has 4 nitrogen and oxygen atoms in total. The van der Waals surface area contributed by atoms with Gasteiger partial charge in [-0.05, 0) is 38.7 Å². The lowest BCUT2D eigenvalue weighted by Crippen LogP contribution is -2.47. The normalized spacial score (nSPS) is 23.4. The van der Waals surface area contributed by atoms with Gasteiger partial charge in [0.1, 0.15) is 0 Å². The Morgan fingerprint density at radius 1 is 1.30 bits per heavy atom. The molecule has 0 saturated carbocycles. The first-order chi connectivity index (χ1) is 9.38. The second kappa shape index (κ2) is 6.91. The molecule has 1 heterocycles. The van der Waals surface area contributed by atoms with E-state index in [4.69, 9.17) is 5.73 Å². The number of primary amides is 1. The van der Waals surface area contributed by atoms with Crippen LogP contribution in [-0.4, -0.2) is 23.3 Å². The molecule has 4 heteroatoms. The summed E-state index contributed by atoms with van der Waals surface area (Å²) < 4.78 is 0. The van der Waals surface area contributed by atoms with Crippen molar-refractivity contribution in [1.29, 1.82) is 0 Å². The van der Waals surface area contributed by atoms with E-state index < -0.39 is 5.41 Å². The maximum atomic E-state index is 12.3. The standard InChI is InChI=1S/C16H28N2O2/c1-5-7-9-13-12(3)18(10-8-6-2)14(19)11-16(13,4)15(17)20/h5-11H2,1-4H3,(H2,17,20). The number of allylic oxidation sites excluding steroid dienone is 1. The molecule has 2 N–H and O–H groups in total. The molecule has 20 heavy (non-hydrogen) atoms. The topological polar surface area (TPSA) is 63.4 Å². The minimum atomic E-state index is -0.806. The van der Waals surface area contributed by atoms with E-state index in [2.05, 4.69) is 13.8 Å². The van der Waals surface area contributed by atoms with Crippen LogP contribution in [0.15, 0.2) is 11.3 Å². The van der Waals surface area contributed by atoms with Crippen molar-refractivity contribution in [2.45, 2.75) is 66.2 Å². The van der Waals surface area contributed by atoms with Gasteiger partial charge < -0.3 is 10.6 Å². The Kier molecular flexibility index (Phi) is 5.78. The van der Waals surface area contributed by atoms with Crippen LogP contribution in [0.25, 0.3) is 0 Å². The molecule has 0 fully saturated rings. The molecular formula is C16H28N2O2. The third kappa shape index (κ3) is 3.22. The van der Waals surface area contributed by atoms with E-state index in [0.29, 0.717) is 0 Å². The van der Waals surface area contributed by atoms with Gasteiger partial charge in [0.15, 0.2) is 0 Å². The van der Waals surface area contributed by atoms with E-state index >= 15 is 0 Å². The van der Waals surface area contributed by atoms with Crippen LogP contribution >= 0.6 is 0 Å². The summed E-state index contributed by atoms with van der Waals surface area (Å²) in [6.45, 7) is 8.75. The van der Waals surface area contributed by atoms with Crippen LogP contribution in [0.5, 0.6) is 0 Å². The molecule has 0 bridgehead atoms. The highest BCUT2D eigenvalue weighted by atomic mass is 16.2. The molecule has 1 unspecified atom stereocenters. The van der Waals surface area contributed by atoms with Gasteiger partial charge in [-0.15, -0.1) is 0 Å². The number of rotatable bonds is 7. The molecule has 0 aliphatic carbocycles. The summed E-state index contributed by atoms with van der Waals surface area (Å²) in [4.78, 5) is 26.1. The van der Waals surface area contributed by atoms with E-state index in [1.165, 1.54) is 0 Å². The van der Waals surface area contributed by atoms with Crippen molar-refractivity contribution in [3.05, 3.63) is 11.3 Å². The Hall–Kier alpha value is -1.32. The molecule has 0 aromatic rings. The molecule has 0 radical (unpaired) electrons. The average molecular weight is 280 g/mol. The fourth-order valence-corrected chi connectivity index (χ4v) is 2.91. The van der Waals surface area contributed by atoms with Crippen LogP contribution in [0.1, 0.15) is 66.2 Å². The molecule has 1 aliphatic heterocycles. The lowest BCUT2D eigenvalue weighted by atomic mass is 9.72. The highest BCUT2D eigenvalue weighted by Crippen LogP contribution is 2.41. The number of nitrogens with zero attached hydrogens (tertiary/aromatic N) is 1. The van der Waals surface area contributed by atoms with Gasteiger partial charge in [0.05, 0.1) is 5.41 Å². The summed E-state index contributed by atoms with van der Waals surface area (Å²) in [5.41, 5.74) is 6.79. The molecule has 0 saturated heterocycles. The summed E-state index contributed by atoms with van der Waals surface area (Å²) in [5, 5.41) is 0. The lowest BCUT2D eigenvalue weighted by molar-refractivity contribution is -0.138. The van der Waals surface area contributed by atoms with Crippen molar-refractivity contribution in [1.82, 2.24) is 4.90 Å². The molecule has 1 rings (SSSR count). The number of amides is 2. The summed E-state index contributed by atoms with van der Waals surface area (Å²) in [6.07, 6.45) is 5.17. The fraction of sp³-hybridized carbons (Fsp3) is 0.750. The molecule has 0 spiro atoms. The van der Waals surface area contributed by atoms with Crippen LogP contribution in [0, 0.1) is 5.41 Å². The maximum absolute atomic E-state index is 12.3. The minimum Gasteiger partial charge on any atom is -0.369 e. The number of carbonyl (C=O) groups is 2. The van der Waals surface area contributed by atoms with Crippen molar-refractivity contribution in [2.75, 3.05) is 6.54 Å². The van der Waals surface area contributed by atoms with Crippen LogP contribution < -0.4 is 5.73 Å². The van der Waals surface area contributed by atoms with E-state index in [9.17, 15) is 9.59 Å². The van der Waals surface area contributed by atoms with E-state index in [-0.39, 0.29) is 18.2 Å². The number of nitrogens with two attached hydrogens (primary N) is 1. The van der Waals surface area contributed by atoms with Gasteiger partial charge in [0, 0.05) is 18.7 Å². The minimum absolute atomic E-state index is 0.0255. The van der Waals surface area contributed by atoms with Crippen molar-refractivity contribution in [3.8, 4) is 0 Å². The van der Waals surface area contributed by atoms with E-state index in [1.807, 2.05) is 18.7 Å². The quantitative estimate of drug-likeness (QED) is 0.779. The number of unbranched alkanes of at least 4 members (excludes halogenated alkanes) is 2. The largest absolute Gasteiger partial charge is 0.369 e. The highest BCUT2D eigenvalue weighted by Gasteiger charge is 2.43. The van der Waals surface area contributed by atoms with Crippen LogP contribution in [0.4, 0.5) is 0 Å². The summed E-state index contributed by atoms with van der Waals surface area (Å²) in [7, 11) is 0. The van der Waals surface area contributed by atoms with Crippen LogP contribution in [0.2, 0.25) is 0 Å². The molecule has 1 atom stereocenters. The Labute approximate surface area is 122 Å². The van der Waals surface area contributed by atoms with Crippen molar-refractivity contribution >= 4 is 11.8 Å². The van der Waals surface area contributed by atoms with Crippen LogP contribution in [-0.2, 0) is 9.59 Å². The van der Waals surface area contributed by atoms with E-state index in [0.717, 1.165) is 49.9 Å². The van der Waals surface area contributed by atoms with Crippen molar-refractivity contribution in [2.24, 2.45) is 11.1 Å². The summed E-state index contributed by atoms with van der Waals surface area (Å²) in [6, 6.07) is 0. The lowest BCUT2D eigenvalue weighted by Gasteiger charge is -2.40. The Morgan fingerprint density at radius 2 is 1.90 bits per heavy atom. The van der Waals surface area contributed by atoms with Crippen molar-refractivity contribution < 1.29 is 9.59 Å². The van der Waals surface area contributed by atoms with Gasteiger partial charge in [0.25, 0.3) is 0 Å². The van der Waals surface area contributed by atoms with Gasteiger partial charge in [-0.1, -0.05) is 26.7 Å². The number of hydrogen-bond acceptors (Lipinski definition) is 2. The van der Waals surface area contributed by atoms with Gasteiger partial charge in [-0.25, -0.2) is 0 Å². The zero-order chi connectivity index (χ0) is 15.3. The molecule has 0 aromatic carbocycles.